The normalized spacial score (nSPS) is 14.2. The summed E-state index contributed by atoms with van der Waals surface area (Å²) in [5, 5.41) is 3.35. The molecule has 0 saturated heterocycles. The van der Waals surface area contributed by atoms with Crippen LogP contribution in [0.2, 0.25) is 5.02 Å². The summed E-state index contributed by atoms with van der Waals surface area (Å²) in [5.74, 6) is -0.613. The maximum Gasteiger partial charge on any atom is 0.264 e. The number of carbonyl (C=O) groups excluding carboxylic acids is 1. The minimum Gasteiger partial charge on any atom is -0.346 e. The molecule has 160 valence electrons. The summed E-state index contributed by atoms with van der Waals surface area (Å²) in [6.07, 6.45) is 0.511. The Bertz CT molecular complexity index is 1230. The Morgan fingerprint density at radius 2 is 1.74 bits per heavy atom. The molecule has 1 N–H and O–H groups in total. The van der Waals surface area contributed by atoms with E-state index in [4.69, 9.17) is 11.6 Å². The summed E-state index contributed by atoms with van der Waals surface area (Å²) in [6, 6.07) is 16.7. The summed E-state index contributed by atoms with van der Waals surface area (Å²) < 4.78 is 40.5. The first-order valence-electron chi connectivity index (χ1n) is 9.73. The molecule has 3 aromatic rings. The second-order valence-electron chi connectivity index (χ2n) is 7.37. The predicted octanol–water partition coefficient (Wildman–Crippen LogP) is 4.72. The van der Waals surface area contributed by atoms with Crippen LogP contribution in [-0.2, 0) is 16.4 Å². The summed E-state index contributed by atoms with van der Waals surface area (Å²) in [5.41, 5.74) is 2.59. The summed E-state index contributed by atoms with van der Waals surface area (Å²) in [4.78, 5) is 12.9. The van der Waals surface area contributed by atoms with Gasteiger partial charge in [-0.25, -0.2) is 12.8 Å². The lowest BCUT2D eigenvalue weighted by Gasteiger charge is -2.20. The van der Waals surface area contributed by atoms with Gasteiger partial charge in [-0.3, -0.25) is 9.10 Å². The van der Waals surface area contributed by atoms with Gasteiger partial charge < -0.3 is 5.32 Å². The number of nitrogens with zero attached hydrogens (tertiary/aromatic N) is 1. The molecule has 1 atom stereocenters. The topological polar surface area (TPSA) is 66.5 Å². The van der Waals surface area contributed by atoms with Crippen LogP contribution < -0.4 is 9.62 Å². The highest BCUT2D eigenvalue weighted by Gasteiger charge is 2.31. The minimum absolute atomic E-state index is 0.166. The van der Waals surface area contributed by atoms with Gasteiger partial charge in [0.15, 0.2) is 0 Å². The van der Waals surface area contributed by atoms with E-state index in [0.29, 0.717) is 29.2 Å². The number of hydrogen-bond donors (Lipinski definition) is 1. The molecule has 0 bridgehead atoms. The first-order valence-corrected chi connectivity index (χ1v) is 11.5. The van der Waals surface area contributed by atoms with Crippen LogP contribution in [0.1, 0.15) is 34.5 Å². The standard InChI is InChI=1S/C23H20ClFN2O3S/c1-15(16-2-7-20(25)8-3-16)26-23(28)18-4-11-22-17(14-18)12-13-27(22)31(29,30)21-9-5-19(24)6-10-21/h2-11,14-15H,12-13H2,1H3,(H,26,28)/t15-/m0/s1. The highest BCUT2D eigenvalue weighted by Crippen LogP contribution is 2.34. The van der Waals surface area contributed by atoms with Crippen molar-refractivity contribution >= 4 is 33.2 Å². The third-order valence-electron chi connectivity index (χ3n) is 5.31. The fourth-order valence-electron chi connectivity index (χ4n) is 3.61. The molecular formula is C23H20ClFN2O3S. The molecule has 0 aliphatic carbocycles. The van der Waals surface area contributed by atoms with E-state index in [1.807, 2.05) is 6.92 Å². The average molecular weight is 459 g/mol. The zero-order valence-electron chi connectivity index (χ0n) is 16.7. The van der Waals surface area contributed by atoms with E-state index in [0.717, 1.165) is 11.1 Å². The zero-order valence-corrected chi connectivity index (χ0v) is 18.3. The lowest BCUT2D eigenvalue weighted by atomic mass is 10.1. The molecule has 1 amide bonds. The predicted molar refractivity (Wildman–Crippen MR) is 118 cm³/mol. The van der Waals surface area contributed by atoms with Gasteiger partial charge in [0.2, 0.25) is 0 Å². The molecule has 0 radical (unpaired) electrons. The lowest BCUT2D eigenvalue weighted by molar-refractivity contribution is 0.0940. The van der Waals surface area contributed by atoms with Crippen molar-refractivity contribution in [2.45, 2.75) is 24.3 Å². The van der Waals surface area contributed by atoms with E-state index in [2.05, 4.69) is 5.32 Å². The second-order valence-corrected chi connectivity index (χ2v) is 9.67. The zero-order chi connectivity index (χ0) is 22.2. The number of anilines is 1. The van der Waals surface area contributed by atoms with Crippen molar-refractivity contribution in [3.8, 4) is 0 Å². The van der Waals surface area contributed by atoms with E-state index in [1.54, 1.807) is 42.5 Å². The maximum atomic E-state index is 13.1. The van der Waals surface area contributed by atoms with E-state index >= 15 is 0 Å². The van der Waals surface area contributed by atoms with Crippen molar-refractivity contribution in [3.63, 3.8) is 0 Å². The fourth-order valence-corrected chi connectivity index (χ4v) is 5.24. The van der Waals surface area contributed by atoms with E-state index < -0.39 is 10.0 Å². The van der Waals surface area contributed by atoms with Crippen LogP contribution in [0.4, 0.5) is 10.1 Å². The number of benzene rings is 3. The summed E-state index contributed by atoms with van der Waals surface area (Å²) in [6.45, 7) is 2.12. The lowest BCUT2D eigenvalue weighted by Crippen LogP contribution is -2.29. The number of halogens is 2. The molecule has 1 aliphatic heterocycles. The van der Waals surface area contributed by atoms with Gasteiger partial charge in [-0.1, -0.05) is 23.7 Å². The van der Waals surface area contributed by atoms with Crippen LogP contribution in [0.3, 0.4) is 0 Å². The Morgan fingerprint density at radius 1 is 1.06 bits per heavy atom. The van der Waals surface area contributed by atoms with E-state index in [9.17, 15) is 17.6 Å². The largest absolute Gasteiger partial charge is 0.346 e. The molecule has 1 heterocycles. The molecule has 3 aromatic carbocycles. The molecule has 0 aromatic heterocycles. The van der Waals surface area contributed by atoms with Gasteiger partial charge in [-0.2, -0.15) is 0 Å². The number of fused-ring (bicyclic) bond motifs is 1. The molecule has 0 spiro atoms. The maximum absolute atomic E-state index is 13.1. The summed E-state index contributed by atoms with van der Waals surface area (Å²) in [7, 11) is -3.72. The number of sulfonamides is 1. The SMILES string of the molecule is C[C@H](NC(=O)c1ccc2c(c1)CCN2S(=O)(=O)c1ccc(Cl)cc1)c1ccc(F)cc1. The van der Waals surface area contributed by atoms with Gasteiger partial charge in [0.1, 0.15) is 5.82 Å². The highest BCUT2D eigenvalue weighted by molar-refractivity contribution is 7.92. The molecule has 0 unspecified atom stereocenters. The molecule has 5 nitrogen and oxygen atoms in total. The smallest absolute Gasteiger partial charge is 0.264 e. The third-order valence-corrected chi connectivity index (χ3v) is 7.39. The quantitative estimate of drug-likeness (QED) is 0.601. The Kier molecular flexibility index (Phi) is 5.73. The van der Waals surface area contributed by atoms with Crippen molar-refractivity contribution in [2.24, 2.45) is 0 Å². The number of amides is 1. The minimum atomic E-state index is -3.72. The van der Waals surface area contributed by atoms with Gasteiger partial charge in [0.05, 0.1) is 16.6 Å². The van der Waals surface area contributed by atoms with Gasteiger partial charge in [0.25, 0.3) is 15.9 Å². The number of hydrogen-bond acceptors (Lipinski definition) is 3. The van der Waals surface area contributed by atoms with Crippen LogP contribution >= 0.6 is 11.6 Å². The van der Waals surface area contributed by atoms with Gasteiger partial charge in [-0.15, -0.1) is 0 Å². The summed E-state index contributed by atoms with van der Waals surface area (Å²) >= 11 is 5.87. The highest BCUT2D eigenvalue weighted by atomic mass is 35.5. The number of nitrogens with one attached hydrogen (secondary N) is 1. The van der Waals surface area contributed by atoms with Crippen LogP contribution in [0.25, 0.3) is 0 Å². The molecule has 8 heteroatoms. The molecule has 31 heavy (non-hydrogen) atoms. The number of carbonyl (C=O) groups is 1. The van der Waals surface area contributed by atoms with Crippen LogP contribution in [-0.4, -0.2) is 20.9 Å². The van der Waals surface area contributed by atoms with Crippen LogP contribution in [0.5, 0.6) is 0 Å². The molecule has 0 saturated carbocycles. The monoisotopic (exact) mass is 458 g/mol. The van der Waals surface area contributed by atoms with Gasteiger partial charge >= 0.3 is 0 Å². The van der Waals surface area contributed by atoms with Crippen molar-refractivity contribution in [1.29, 1.82) is 0 Å². The Morgan fingerprint density at radius 3 is 2.42 bits per heavy atom. The fraction of sp³-hybridized carbons (Fsp3) is 0.174. The second kappa shape index (κ2) is 8.32. The molecule has 0 fully saturated rings. The van der Waals surface area contributed by atoms with Crippen molar-refractivity contribution in [1.82, 2.24) is 5.32 Å². The molecule has 1 aliphatic rings. The van der Waals surface area contributed by atoms with Crippen molar-refractivity contribution < 1.29 is 17.6 Å². The first-order chi connectivity index (χ1) is 14.8. The van der Waals surface area contributed by atoms with Gasteiger partial charge in [-0.05, 0) is 79.1 Å². The van der Waals surface area contributed by atoms with E-state index in [1.165, 1.54) is 28.6 Å². The Hall–Kier alpha value is -2.90. The van der Waals surface area contributed by atoms with Crippen LogP contribution in [0.15, 0.2) is 71.6 Å². The van der Waals surface area contributed by atoms with Crippen molar-refractivity contribution in [2.75, 3.05) is 10.8 Å². The number of rotatable bonds is 5. The van der Waals surface area contributed by atoms with Crippen molar-refractivity contribution in [3.05, 3.63) is 94.3 Å². The average Bonchev–Trinajstić information content (AvgIpc) is 3.18. The van der Waals surface area contributed by atoms with Crippen LogP contribution in [0, 0.1) is 5.82 Å². The molecular weight excluding hydrogens is 439 g/mol. The van der Waals surface area contributed by atoms with Gasteiger partial charge in [0, 0.05) is 17.1 Å². The Labute approximate surface area is 185 Å². The first kappa shape index (κ1) is 21.3. The Balaban J connectivity index is 1.53. The molecule has 4 rings (SSSR count). The third kappa shape index (κ3) is 4.29. The van der Waals surface area contributed by atoms with E-state index in [-0.39, 0.29) is 22.7 Å².